The molecule has 1 fully saturated rings. The van der Waals surface area contributed by atoms with Gasteiger partial charge in [-0.05, 0) is 31.0 Å². The second-order valence-electron chi connectivity index (χ2n) is 4.55. The number of halogens is 1. The molecule has 1 aromatic rings. The normalized spacial score (nSPS) is 20.8. The summed E-state index contributed by atoms with van der Waals surface area (Å²) in [5.74, 6) is -0.125. The Labute approximate surface area is 104 Å². The number of hydrogen-bond acceptors (Lipinski definition) is 3. The molecule has 90 valence electrons. The zero-order chi connectivity index (χ0) is 12.4. The average Bonchev–Trinajstić information content (AvgIpc) is 2.94. The number of sulfonamides is 1. The average molecular weight is 272 g/mol. The molecule has 0 bridgehead atoms. The number of ketones is 1. The molecule has 1 heterocycles. The predicted molar refractivity (Wildman–Crippen MR) is 65.1 cm³/mol. The summed E-state index contributed by atoms with van der Waals surface area (Å²) in [6.07, 6.45) is 2.31. The van der Waals surface area contributed by atoms with Gasteiger partial charge in [0.15, 0.2) is 5.78 Å². The fraction of sp³-hybridized carbons (Fsp3) is 0.364. The third-order valence-electron chi connectivity index (χ3n) is 3.29. The summed E-state index contributed by atoms with van der Waals surface area (Å²) in [7, 11) is -3.44. The molecule has 0 N–H and O–H groups in total. The van der Waals surface area contributed by atoms with Gasteiger partial charge in [0.1, 0.15) is 5.54 Å². The van der Waals surface area contributed by atoms with E-state index in [0.717, 1.165) is 6.26 Å². The third kappa shape index (κ3) is 1.35. The fourth-order valence-corrected chi connectivity index (χ4v) is 4.07. The lowest BCUT2D eigenvalue weighted by atomic mass is 10.1. The molecule has 1 aliphatic carbocycles. The standard InChI is InChI=1S/C11H10ClNO3S/c1-17(15,16)13-9-3-2-7(12)6-8(9)10(14)11(13)4-5-11/h2-3,6H,4-5H2,1H3. The second-order valence-corrected chi connectivity index (χ2v) is 6.82. The minimum Gasteiger partial charge on any atom is -0.291 e. The number of nitrogens with zero attached hydrogens (tertiary/aromatic N) is 1. The van der Waals surface area contributed by atoms with E-state index in [-0.39, 0.29) is 5.78 Å². The first-order valence-corrected chi connectivity index (χ1v) is 7.44. The minimum atomic E-state index is -3.44. The van der Waals surface area contributed by atoms with E-state index in [1.54, 1.807) is 18.2 Å². The Bertz CT molecular complexity index is 634. The van der Waals surface area contributed by atoms with Crippen molar-refractivity contribution in [3.63, 3.8) is 0 Å². The van der Waals surface area contributed by atoms with Crippen LogP contribution in [-0.2, 0) is 10.0 Å². The summed E-state index contributed by atoms with van der Waals surface area (Å²) in [6, 6.07) is 4.75. The molecule has 1 saturated carbocycles. The monoisotopic (exact) mass is 271 g/mol. The van der Waals surface area contributed by atoms with Gasteiger partial charge in [-0.3, -0.25) is 9.10 Å². The maximum atomic E-state index is 12.2. The van der Waals surface area contributed by atoms with Gasteiger partial charge in [0.25, 0.3) is 0 Å². The van der Waals surface area contributed by atoms with E-state index < -0.39 is 15.6 Å². The number of fused-ring (bicyclic) bond motifs is 1. The van der Waals surface area contributed by atoms with Crippen molar-refractivity contribution in [2.45, 2.75) is 18.4 Å². The highest BCUT2D eigenvalue weighted by molar-refractivity contribution is 7.92. The highest BCUT2D eigenvalue weighted by Gasteiger charge is 2.62. The van der Waals surface area contributed by atoms with Crippen molar-refractivity contribution in [2.24, 2.45) is 0 Å². The Balaban J connectivity index is 2.29. The van der Waals surface area contributed by atoms with Crippen LogP contribution in [0.3, 0.4) is 0 Å². The first kappa shape index (κ1) is 11.0. The summed E-state index contributed by atoms with van der Waals surface area (Å²) < 4.78 is 24.9. The molecule has 0 atom stereocenters. The minimum absolute atomic E-state index is 0.125. The van der Waals surface area contributed by atoms with E-state index in [1.807, 2.05) is 0 Å². The molecule has 2 aliphatic rings. The number of rotatable bonds is 1. The number of carbonyl (C=O) groups is 1. The van der Waals surface area contributed by atoms with Crippen LogP contribution < -0.4 is 4.31 Å². The Morgan fingerprint density at radius 1 is 1.35 bits per heavy atom. The lowest BCUT2D eigenvalue weighted by molar-refractivity contribution is 0.0964. The molecule has 0 saturated heterocycles. The zero-order valence-corrected chi connectivity index (χ0v) is 10.7. The van der Waals surface area contributed by atoms with Crippen molar-refractivity contribution in [1.29, 1.82) is 0 Å². The number of Topliss-reactive ketones (excluding diaryl/α,β-unsaturated/α-hetero) is 1. The first-order chi connectivity index (χ1) is 7.86. The Hall–Kier alpha value is -1.07. The zero-order valence-electron chi connectivity index (χ0n) is 9.10. The summed E-state index contributed by atoms with van der Waals surface area (Å²) in [4.78, 5) is 12.2. The molecule has 0 amide bonds. The first-order valence-electron chi connectivity index (χ1n) is 5.21. The second kappa shape index (κ2) is 3.03. The molecule has 17 heavy (non-hydrogen) atoms. The van der Waals surface area contributed by atoms with Crippen LogP contribution in [0.5, 0.6) is 0 Å². The lowest BCUT2D eigenvalue weighted by Gasteiger charge is -2.23. The molecule has 1 aliphatic heterocycles. The SMILES string of the molecule is CS(=O)(=O)N1c2ccc(Cl)cc2C(=O)C12CC2. The van der Waals surface area contributed by atoms with Crippen LogP contribution in [0.15, 0.2) is 18.2 Å². The summed E-state index contributed by atoms with van der Waals surface area (Å²) >= 11 is 5.84. The lowest BCUT2D eigenvalue weighted by Crippen LogP contribution is -2.41. The van der Waals surface area contributed by atoms with Crippen molar-refractivity contribution < 1.29 is 13.2 Å². The summed E-state index contributed by atoms with van der Waals surface area (Å²) in [5, 5.41) is 0.447. The van der Waals surface area contributed by atoms with Gasteiger partial charge >= 0.3 is 0 Å². The Kier molecular flexibility index (Phi) is 1.97. The topological polar surface area (TPSA) is 54.5 Å². The molecule has 1 spiro atoms. The smallest absolute Gasteiger partial charge is 0.233 e. The van der Waals surface area contributed by atoms with Crippen molar-refractivity contribution in [1.82, 2.24) is 0 Å². The van der Waals surface area contributed by atoms with Gasteiger partial charge in [0.05, 0.1) is 11.9 Å². The Morgan fingerprint density at radius 3 is 2.53 bits per heavy atom. The molecule has 4 nitrogen and oxygen atoms in total. The molecule has 0 radical (unpaired) electrons. The van der Waals surface area contributed by atoms with Crippen molar-refractivity contribution in [2.75, 3.05) is 10.6 Å². The van der Waals surface area contributed by atoms with E-state index in [1.165, 1.54) is 4.31 Å². The van der Waals surface area contributed by atoms with E-state index in [0.29, 0.717) is 29.1 Å². The third-order valence-corrected chi connectivity index (χ3v) is 4.73. The quantitative estimate of drug-likeness (QED) is 0.783. The summed E-state index contributed by atoms with van der Waals surface area (Å²) in [6.45, 7) is 0. The largest absolute Gasteiger partial charge is 0.291 e. The van der Waals surface area contributed by atoms with Crippen LogP contribution in [0.1, 0.15) is 23.2 Å². The molecule has 3 rings (SSSR count). The predicted octanol–water partition coefficient (Wildman–Crippen LogP) is 1.83. The van der Waals surface area contributed by atoms with Crippen LogP contribution >= 0.6 is 11.6 Å². The fourth-order valence-electron chi connectivity index (χ4n) is 2.49. The number of carbonyl (C=O) groups excluding carboxylic acids is 1. The number of hydrogen-bond donors (Lipinski definition) is 0. The van der Waals surface area contributed by atoms with E-state index in [2.05, 4.69) is 0 Å². The van der Waals surface area contributed by atoms with E-state index in [9.17, 15) is 13.2 Å². The van der Waals surface area contributed by atoms with Gasteiger partial charge in [0.2, 0.25) is 10.0 Å². The van der Waals surface area contributed by atoms with Crippen molar-refractivity contribution >= 4 is 33.1 Å². The van der Waals surface area contributed by atoms with Crippen molar-refractivity contribution in [3.8, 4) is 0 Å². The van der Waals surface area contributed by atoms with Gasteiger partial charge in [-0.1, -0.05) is 11.6 Å². The van der Waals surface area contributed by atoms with Gasteiger partial charge in [-0.2, -0.15) is 0 Å². The summed E-state index contributed by atoms with van der Waals surface area (Å²) in [5.41, 5.74) is 0.0282. The van der Waals surface area contributed by atoms with E-state index in [4.69, 9.17) is 11.6 Å². The van der Waals surface area contributed by atoms with Crippen molar-refractivity contribution in [3.05, 3.63) is 28.8 Å². The van der Waals surface area contributed by atoms with Gasteiger partial charge < -0.3 is 0 Å². The number of benzene rings is 1. The Morgan fingerprint density at radius 2 is 2.00 bits per heavy atom. The highest BCUT2D eigenvalue weighted by Crippen LogP contribution is 2.54. The van der Waals surface area contributed by atoms with Crippen LogP contribution in [-0.4, -0.2) is 26.0 Å². The molecule has 0 aromatic heterocycles. The van der Waals surface area contributed by atoms with Gasteiger partial charge in [-0.15, -0.1) is 0 Å². The molecular formula is C11H10ClNO3S. The molecular weight excluding hydrogens is 262 g/mol. The van der Waals surface area contributed by atoms with Crippen LogP contribution in [0, 0.1) is 0 Å². The van der Waals surface area contributed by atoms with Crippen LogP contribution in [0.2, 0.25) is 5.02 Å². The maximum absolute atomic E-state index is 12.2. The molecule has 0 unspecified atom stereocenters. The van der Waals surface area contributed by atoms with E-state index >= 15 is 0 Å². The molecule has 1 aromatic carbocycles. The van der Waals surface area contributed by atoms with Gasteiger partial charge in [-0.25, -0.2) is 8.42 Å². The highest BCUT2D eigenvalue weighted by atomic mass is 35.5. The van der Waals surface area contributed by atoms with Crippen LogP contribution in [0.4, 0.5) is 5.69 Å². The molecule has 6 heteroatoms. The van der Waals surface area contributed by atoms with Gasteiger partial charge in [0, 0.05) is 10.6 Å². The maximum Gasteiger partial charge on any atom is 0.233 e. The number of anilines is 1. The van der Waals surface area contributed by atoms with Crippen LogP contribution in [0.25, 0.3) is 0 Å².